The molecule has 1 amide bonds. The first-order valence-corrected chi connectivity index (χ1v) is 11.2. The van der Waals surface area contributed by atoms with Gasteiger partial charge in [-0.3, -0.25) is 9.79 Å². The fourth-order valence-electron chi connectivity index (χ4n) is 3.86. The Morgan fingerprint density at radius 2 is 2.15 bits per heavy atom. The van der Waals surface area contributed by atoms with Gasteiger partial charge in [-0.1, -0.05) is 13.0 Å². The molecule has 1 aliphatic rings. The standard InChI is InChI=1S/C25H30N6O2/c1-17(10-13-33-3)16-31(2)24(32)23-15-18-14-19(7-8-20(18)29-23)28-25-27-12-9-22(30-25)21-6-4-5-11-26-21/h6-9,11-12,14-15,17,29H,4-5,10,13,16H2,1-3H3,(H,27,28,30). The van der Waals surface area contributed by atoms with Crippen molar-refractivity contribution in [3.63, 3.8) is 0 Å². The number of anilines is 2. The van der Waals surface area contributed by atoms with Crippen molar-refractivity contribution in [2.45, 2.75) is 26.2 Å². The van der Waals surface area contributed by atoms with Gasteiger partial charge in [-0.05, 0) is 55.5 Å². The Morgan fingerprint density at radius 3 is 2.94 bits per heavy atom. The summed E-state index contributed by atoms with van der Waals surface area (Å²) in [6.07, 6.45) is 8.59. The molecule has 3 aromatic rings. The third-order valence-corrected chi connectivity index (χ3v) is 5.64. The number of nitrogens with zero attached hydrogens (tertiary/aromatic N) is 4. The number of H-pyrrole nitrogens is 1. The van der Waals surface area contributed by atoms with E-state index in [1.165, 1.54) is 0 Å². The minimum Gasteiger partial charge on any atom is -0.385 e. The summed E-state index contributed by atoms with van der Waals surface area (Å²) in [5.74, 6) is 0.845. The van der Waals surface area contributed by atoms with E-state index in [1.807, 2.05) is 43.6 Å². The molecule has 0 saturated heterocycles. The average molecular weight is 447 g/mol. The summed E-state index contributed by atoms with van der Waals surface area (Å²) in [6.45, 7) is 3.50. The van der Waals surface area contributed by atoms with Crippen LogP contribution in [-0.2, 0) is 4.74 Å². The molecule has 0 radical (unpaired) electrons. The van der Waals surface area contributed by atoms with Crippen LogP contribution >= 0.6 is 0 Å². The van der Waals surface area contributed by atoms with E-state index in [1.54, 1.807) is 18.2 Å². The first-order chi connectivity index (χ1) is 16.0. The number of fused-ring (bicyclic) bond motifs is 1. The number of nitrogens with one attached hydrogen (secondary N) is 2. The number of rotatable bonds is 9. The number of ether oxygens (including phenoxy) is 1. The van der Waals surface area contributed by atoms with Crippen LogP contribution in [0.5, 0.6) is 0 Å². The Labute approximate surface area is 193 Å². The third-order valence-electron chi connectivity index (χ3n) is 5.64. The van der Waals surface area contributed by atoms with Crippen molar-refractivity contribution in [2.75, 3.05) is 32.6 Å². The maximum atomic E-state index is 12.9. The predicted molar refractivity (Wildman–Crippen MR) is 132 cm³/mol. The normalized spacial score (nSPS) is 14.2. The van der Waals surface area contributed by atoms with E-state index in [0.29, 0.717) is 30.7 Å². The largest absolute Gasteiger partial charge is 0.385 e. The second-order valence-electron chi connectivity index (χ2n) is 8.43. The van der Waals surface area contributed by atoms with Gasteiger partial charge in [0.2, 0.25) is 5.95 Å². The van der Waals surface area contributed by atoms with Crippen LogP contribution in [0.25, 0.3) is 16.6 Å². The van der Waals surface area contributed by atoms with E-state index in [9.17, 15) is 4.79 Å². The molecule has 1 aliphatic heterocycles. The molecular weight excluding hydrogens is 416 g/mol. The van der Waals surface area contributed by atoms with Crippen LogP contribution in [0.15, 0.2) is 47.6 Å². The summed E-state index contributed by atoms with van der Waals surface area (Å²) < 4.78 is 5.14. The lowest BCUT2D eigenvalue weighted by atomic mass is 10.1. The quantitative estimate of drug-likeness (QED) is 0.499. The van der Waals surface area contributed by atoms with Crippen molar-refractivity contribution in [3.8, 4) is 0 Å². The van der Waals surface area contributed by atoms with E-state index in [0.717, 1.165) is 47.2 Å². The molecule has 1 aromatic carbocycles. The van der Waals surface area contributed by atoms with Crippen LogP contribution in [-0.4, -0.2) is 59.3 Å². The monoisotopic (exact) mass is 446 g/mol. The van der Waals surface area contributed by atoms with Gasteiger partial charge in [0.05, 0.1) is 11.4 Å². The molecule has 0 spiro atoms. The zero-order chi connectivity index (χ0) is 23.2. The van der Waals surface area contributed by atoms with E-state index in [4.69, 9.17) is 4.74 Å². The van der Waals surface area contributed by atoms with Gasteiger partial charge in [-0.2, -0.15) is 0 Å². The highest BCUT2D eigenvalue weighted by atomic mass is 16.5. The van der Waals surface area contributed by atoms with Crippen LogP contribution < -0.4 is 5.32 Å². The van der Waals surface area contributed by atoms with Gasteiger partial charge < -0.3 is 19.9 Å². The van der Waals surface area contributed by atoms with Gasteiger partial charge >= 0.3 is 0 Å². The van der Waals surface area contributed by atoms with Crippen molar-refractivity contribution in [3.05, 3.63) is 54.0 Å². The molecule has 0 saturated carbocycles. The summed E-state index contributed by atoms with van der Waals surface area (Å²) >= 11 is 0. The van der Waals surface area contributed by atoms with Crippen LogP contribution in [0.2, 0.25) is 0 Å². The molecule has 8 heteroatoms. The Balaban J connectivity index is 1.46. The molecular formula is C25H30N6O2. The molecule has 8 nitrogen and oxygen atoms in total. The zero-order valence-electron chi connectivity index (χ0n) is 19.3. The summed E-state index contributed by atoms with van der Waals surface area (Å²) in [4.78, 5) is 31.2. The van der Waals surface area contributed by atoms with Crippen LogP contribution in [0.4, 0.5) is 11.6 Å². The highest BCUT2D eigenvalue weighted by molar-refractivity contribution is 5.98. The number of amides is 1. The average Bonchev–Trinajstić information content (AvgIpc) is 3.26. The number of benzene rings is 1. The van der Waals surface area contributed by atoms with Gasteiger partial charge in [-0.25, -0.2) is 9.97 Å². The third kappa shape index (κ3) is 5.64. The number of aromatic amines is 1. The van der Waals surface area contributed by atoms with Gasteiger partial charge in [0.15, 0.2) is 0 Å². The molecule has 172 valence electrons. The number of allylic oxidation sites excluding steroid dienone is 1. The van der Waals surface area contributed by atoms with Gasteiger partial charge in [0, 0.05) is 56.3 Å². The second kappa shape index (κ2) is 10.4. The molecule has 0 aliphatic carbocycles. The lowest BCUT2D eigenvalue weighted by Gasteiger charge is -2.20. The number of carbonyl (C=O) groups excluding carboxylic acids is 1. The minimum absolute atomic E-state index is 0.0256. The number of hydrogen-bond acceptors (Lipinski definition) is 6. The van der Waals surface area contributed by atoms with Crippen LogP contribution in [0.3, 0.4) is 0 Å². The number of aromatic nitrogens is 3. The Bertz CT molecular complexity index is 1180. The lowest BCUT2D eigenvalue weighted by molar-refractivity contribution is 0.0758. The van der Waals surface area contributed by atoms with Crippen molar-refractivity contribution in [2.24, 2.45) is 10.9 Å². The molecule has 33 heavy (non-hydrogen) atoms. The number of hydrogen-bond donors (Lipinski definition) is 2. The van der Waals surface area contributed by atoms with Crippen molar-refractivity contribution >= 4 is 40.4 Å². The van der Waals surface area contributed by atoms with Gasteiger partial charge in [0.1, 0.15) is 5.69 Å². The van der Waals surface area contributed by atoms with Crippen LogP contribution in [0, 0.1) is 5.92 Å². The van der Waals surface area contributed by atoms with Crippen molar-refractivity contribution in [1.29, 1.82) is 0 Å². The Hall–Kier alpha value is -3.52. The highest BCUT2D eigenvalue weighted by Gasteiger charge is 2.17. The zero-order valence-corrected chi connectivity index (χ0v) is 19.3. The fourth-order valence-corrected chi connectivity index (χ4v) is 3.86. The van der Waals surface area contributed by atoms with E-state index < -0.39 is 0 Å². The molecule has 2 aromatic heterocycles. The molecule has 1 unspecified atom stereocenters. The first-order valence-electron chi connectivity index (χ1n) is 11.2. The molecule has 0 fully saturated rings. The van der Waals surface area contributed by atoms with Crippen molar-refractivity contribution < 1.29 is 9.53 Å². The summed E-state index contributed by atoms with van der Waals surface area (Å²) in [5.41, 5.74) is 3.99. The molecule has 2 N–H and O–H groups in total. The highest BCUT2D eigenvalue weighted by Crippen LogP contribution is 2.24. The summed E-state index contributed by atoms with van der Waals surface area (Å²) in [6, 6.07) is 9.63. The van der Waals surface area contributed by atoms with Crippen LogP contribution in [0.1, 0.15) is 42.4 Å². The number of aliphatic imine (C=N–C) groups is 1. The van der Waals surface area contributed by atoms with E-state index >= 15 is 0 Å². The summed E-state index contributed by atoms with van der Waals surface area (Å²) in [7, 11) is 3.53. The maximum Gasteiger partial charge on any atom is 0.270 e. The fraction of sp³-hybridized carbons (Fsp3) is 0.360. The topological polar surface area (TPSA) is 95.5 Å². The molecule has 4 rings (SSSR count). The lowest BCUT2D eigenvalue weighted by Crippen LogP contribution is -2.31. The predicted octanol–water partition coefficient (Wildman–Crippen LogP) is 4.65. The molecule has 1 atom stereocenters. The van der Waals surface area contributed by atoms with Crippen molar-refractivity contribution in [1.82, 2.24) is 19.9 Å². The van der Waals surface area contributed by atoms with E-state index in [2.05, 4.69) is 38.3 Å². The smallest absolute Gasteiger partial charge is 0.270 e. The summed E-state index contributed by atoms with van der Waals surface area (Å²) in [5, 5.41) is 4.20. The Kier molecular flexibility index (Phi) is 7.14. The SMILES string of the molecule is COCCC(C)CN(C)C(=O)c1cc2cc(Nc3nccc(C4=CCCC=N4)n3)ccc2[nH]1. The van der Waals surface area contributed by atoms with Gasteiger partial charge in [-0.15, -0.1) is 0 Å². The molecule has 3 heterocycles. The maximum absolute atomic E-state index is 12.9. The second-order valence-corrected chi connectivity index (χ2v) is 8.43. The Morgan fingerprint density at radius 1 is 1.27 bits per heavy atom. The molecule has 0 bridgehead atoms. The first kappa shape index (κ1) is 22.7. The number of carbonyl (C=O) groups is 1. The van der Waals surface area contributed by atoms with Gasteiger partial charge in [0.25, 0.3) is 5.91 Å². The van der Waals surface area contributed by atoms with E-state index in [-0.39, 0.29) is 5.91 Å². The minimum atomic E-state index is -0.0256. The number of methoxy groups -OCH3 is 1.